The van der Waals surface area contributed by atoms with Gasteiger partial charge >= 0.3 is 5.97 Å². The number of carbonyl (C=O) groups is 3. The first-order chi connectivity index (χ1) is 11.5. The van der Waals surface area contributed by atoms with E-state index in [2.05, 4.69) is 5.32 Å². The zero-order valence-corrected chi connectivity index (χ0v) is 13.9. The Labute approximate surface area is 141 Å². The van der Waals surface area contributed by atoms with Crippen molar-refractivity contribution in [1.82, 2.24) is 5.32 Å². The lowest BCUT2D eigenvalue weighted by molar-refractivity contribution is -0.139. The van der Waals surface area contributed by atoms with Crippen LogP contribution in [0, 0.1) is 5.92 Å². The largest absolute Gasteiger partial charge is 0.480 e. The van der Waals surface area contributed by atoms with Crippen molar-refractivity contribution in [2.75, 3.05) is 11.9 Å². The summed E-state index contributed by atoms with van der Waals surface area (Å²) in [5.41, 5.74) is 0.780. The van der Waals surface area contributed by atoms with E-state index < -0.39 is 17.9 Å². The number of nitrogens with one attached hydrogen (secondary N) is 1. The van der Waals surface area contributed by atoms with E-state index >= 15 is 0 Å². The van der Waals surface area contributed by atoms with Crippen LogP contribution in [0.1, 0.15) is 36.5 Å². The van der Waals surface area contributed by atoms with Gasteiger partial charge in [-0.15, -0.1) is 0 Å². The number of rotatable bonds is 7. The summed E-state index contributed by atoms with van der Waals surface area (Å²) in [7, 11) is 1.64. The van der Waals surface area contributed by atoms with E-state index in [1.807, 2.05) is 0 Å². The van der Waals surface area contributed by atoms with Gasteiger partial charge in [-0.1, -0.05) is 24.3 Å². The Bertz CT molecular complexity index is 665. The molecule has 0 saturated heterocycles. The van der Waals surface area contributed by atoms with Gasteiger partial charge in [-0.2, -0.15) is 0 Å². The van der Waals surface area contributed by atoms with Crippen LogP contribution in [-0.4, -0.2) is 36.0 Å². The highest BCUT2D eigenvalue weighted by Gasteiger charge is 2.33. The van der Waals surface area contributed by atoms with Gasteiger partial charge in [-0.3, -0.25) is 9.59 Å². The summed E-state index contributed by atoms with van der Waals surface area (Å²) >= 11 is 0. The Kier molecular flexibility index (Phi) is 5.73. The number of carboxylic acids is 1. The molecule has 0 aliphatic heterocycles. The Balaban J connectivity index is 2.19. The van der Waals surface area contributed by atoms with Crippen LogP contribution in [0.2, 0.25) is 0 Å². The zero-order chi connectivity index (χ0) is 17.7. The SMILES string of the molecule is C/C=C/CC(NC(=O)c1ccccc1N(C)C(=O)C1CC1)C(=O)O. The molecule has 128 valence electrons. The molecule has 0 radical (unpaired) electrons. The molecule has 0 aromatic heterocycles. The van der Waals surface area contributed by atoms with Crippen molar-refractivity contribution in [1.29, 1.82) is 0 Å². The van der Waals surface area contributed by atoms with Crippen molar-refractivity contribution < 1.29 is 19.5 Å². The summed E-state index contributed by atoms with van der Waals surface area (Å²) in [6, 6.07) is 5.71. The summed E-state index contributed by atoms with van der Waals surface area (Å²) in [6.07, 6.45) is 5.38. The minimum Gasteiger partial charge on any atom is -0.480 e. The van der Waals surface area contributed by atoms with E-state index in [1.54, 1.807) is 50.4 Å². The maximum atomic E-state index is 12.5. The predicted octanol–water partition coefficient (Wildman–Crippen LogP) is 2.21. The summed E-state index contributed by atoms with van der Waals surface area (Å²) in [5, 5.41) is 11.7. The molecule has 2 amide bonds. The minimum absolute atomic E-state index is 0.0149. The van der Waals surface area contributed by atoms with Crippen LogP contribution in [0.5, 0.6) is 0 Å². The van der Waals surface area contributed by atoms with Gasteiger partial charge in [0.15, 0.2) is 0 Å². The molecule has 0 bridgehead atoms. The molecule has 1 saturated carbocycles. The quantitative estimate of drug-likeness (QED) is 0.751. The summed E-state index contributed by atoms with van der Waals surface area (Å²) in [5.74, 6) is -1.58. The second-order valence-corrected chi connectivity index (χ2v) is 5.86. The molecule has 24 heavy (non-hydrogen) atoms. The topological polar surface area (TPSA) is 86.7 Å². The number of allylic oxidation sites excluding steroid dienone is 1. The van der Waals surface area contributed by atoms with E-state index in [0.29, 0.717) is 11.3 Å². The molecule has 1 aromatic carbocycles. The van der Waals surface area contributed by atoms with Crippen LogP contribution >= 0.6 is 0 Å². The minimum atomic E-state index is -1.10. The predicted molar refractivity (Wildman–Crippen MR) is 90.9 cm³/mol. The van der Waals surface area contributed by atoms with Gasteiger partial charge in [0.25, 0.3) is 5.91 Å². The van der Waals surface area contributed by atoms with E-state index in [-0.39, 0.29) is 18.2 Å². The molecule has 1 aliphatic rings. The van der Waals surface area contributed by atoms with Crippen molar-refractivity contribution >= 4 is 23.5 Å². The number of carbonyl (C=O) groups excluding carboxylic acids is 2. The van der Waals surface area contributed by atoms with Crippen LogP contribution in [0.15, 0.2) is 36.4 Å². The number of aliphatic carboxylic acids is 1. The summed E-state index contributed by atoms with van der Waals surface area (Å²) < 4.78 is 0. The molecule has 1 fully saturated rings. The number of carboxylic acid groups (broad SMARTS) is 1. The second-order valence-electron chi connectivity index (χ2n) is 5.86. The molecule has 0 heterocycles. The van der Waals surface area contributed by atoms with Crippen molar-refractivity contribution in [3.8, 4) is 0 Å². The van der Waals surface area contributed by atoms with Crippen molar-refractivity contribution in [2.45, 2.75) is 32.2 Å². The monoisotopic (exact) mass is 330 g/mol. The fourth-order valence-electron chi connectivity index (χ4n) is 2.41. The van der Waals surface area contributed by atoms with Crippen LogP contribution in [-0.2, 0) is 9.59 Å². The van der Waals surface area contributed by atoms with Crippen LogP contribution in [0.25, 0.3) is 0 Å². The first kappa shape index (κ1) is 17.7. The highest BCUT2D eigenvalue weighted by Crippen LogP contribution is 2.33. The number of hydrogen-bond acceptors (Lipinski definition) is 3. The number of amides is 2. The Morgan fingerprint density at radius 3 is 2.58 bits per heavy atom. The molecule has 1 unspecified atom stereocenters. The van der Waals surface area contributed by atoms with Gasteiger partial charge in [-0.25, -0.2) is 4.79 Å². The smallest absolute Gasteiger partial charge is 0.326 e. The van der Waals surface area contributed by atoms with Crippen molar-refractivity contribution in [3.63, 3.8) is 0 Å². The van der Waals surface area contributed by atoms with Gasteiger partial charge in [0.05, 0.1) is 11.3 Å². The average molecular weight is 330 g/mol. The molecular weight excluding hydrogens is 308 g/mol. The van der Waals surface area contributed by atoms with Crippen LogP contribution in [0.3, 0.4) is 0 Å². The fraction of sp³-hybridized carbons (Fsp3) is 0.389. The molecule has 1 atom stereocenters. The average Bonchev–Trinajstić information content (AvgIpc) is 3.41. The Hall–Kier alpha value is -2.63. The first-order valence-electron chi connectivity index (χ1n) is 7.97. The second kappa shape index (κ2) is 7.77. The van der Waals surface area contributed by atoms with Gasteiger partial charge in [0, 0.05) is 13.0 Å². The lowest BCUT2D eigenvalue weighted by Gasteiger charge is -2.21. The lowest BCUT2D eigenvalue weighted by atomic mass is 10.1. The van der Waals surface area contributed by atoms with E-state index in [9.17, 15) is 19.5 Å². The molecule has 2 rings (SSSR count). The van der Waals surface area contributed by atoms with Crippen LogP contribution < -0.4 is 10.2 Å². The van der Waals surface area contributed by atoms with Gasteiger partial charge in [-0.05, 0) is 38.3 Å². The summed E-state index contributed by atoms with van der Waals surface area (Å²) in [4.78, 5) is 37.5. The molecule has 1 aliphatic carbocycles. The number of benzene rings is 1. The third-order valence-corrected chi connectivity index (χ3v) is 3.98. The van der Waals surface area contributed by atoms with Gasteiger partial charge in [0.1, 0.15) is 6.04 Å². The van der Waals surface area contributed by atoms with Crippen LogP contribution in [0.4, 0.5) is 5.69 Å². The number of nitrogens with zero attached hydrogens (tertiary/aromatic N) is 1. The maximum Gasteiger partial charge on any atom is 0.326 e. The van der Waals surface area contributed by atoms with Crippen molar-refractivity contribution in [2.24, 2.45) is 5.92 Å². The fourth-order valence-corrected chi connectivity index (χ4v) is 2.41. The zero-order valence-electron chi connectivity index (χ0n) is 13.9. The van der Waals surface area contributed by atoms with Gasteiger partial charge < -0.3 is 15.3 Å². The lowest BCUT2D eigenvalue weighted by Crippen LogP contribution is -2.41. The van der Waals surface area contributed by atoms with Gasteiger partial charge in [0.2, 0.25) is 5.91 Å². The Morgan fingerprint density at radius 1 is 1.33 bits per heavy atom. The highest BCUT2D eigenvalue weighted by molar-refractivity contribution is 6.06. The molecular formula is C18H22N2O4. The summed E-state index contributed by atoms with van der Waals surface area (Å²) in [6.45, 7) is 1.79. The Morgan fingerprint density at radius 2 is 2.00 bits per heavy atom. The van der Waals surface area contributed by atoms with E-state index in [0.717, 1.165) is 12.8 Å². The van der Waals surface area contributed by atoms with E-state index in [1.165, 1.54) is 4.90 Å². The standard InChI is InChI=1S/C18H22N2O4/c1-3-4-8-14(18(23)24)19-16(21)13-7-5-6-9-15(13)20(2)17(22)12-10-11-12/h3-7,9,12,14H,8,10-11H2,1-2H3,(H,19,21)(H,23,24)/b4-3+. The maximum absolute atomic E-state index is 12.5. The molecule has 6 nitrogen and oxygen atoms in total. The molecule has 1 aromatic rings. The third-order valence-electron chi connectivity index (χ3n) is 3.98. The number of para-hydroxylation sites is 1. The third kappa shape index (κ3) is 4.22. The molecule has 6 heteroatoms. The first-order valence-corrected chi connectivity index (χ1v) is 7.97. The van der Waals surface area contributed by atoms with E-state index in [4.69, 9.17) is 0 Å². The molecule has 2 N–H and O–H groups in total. The number of hydrogen-bond donors (Lipinski definition) is 2. The molecule has 0 spiro atoms. The highest BCUT2D eigenvalue weighted by atomic mass is 16.4. The number of anilines is 1. The van der Waals surface area contributed by atoms with Crippen molar-refractivity contribution in [3.05, 3.63) is 42.0 Å². The normalized spacial score (nSPS) is 15.1.